The lowest BCUT2D eigenvalue weighted by Crippen LogP contribution is -2.52. The minimum Gasteiger partial charge on any atom is -0.354 e. The van der Waals surface area contributed by atoms with Crippen molar-refractivity contribution in [2.45, 2.75) is 44.6 Å². The Morgan fingerprint density at radius 1 is 0.892 bits per heavy atom. The maximum Gasteiger partial charge on any atom is 0.264 e. The number of nitrogens with one attached hydrogen (secondary N) is 1. The number of rotatable bonds is 12. The van der Waals surface area contributed by atoms with Crippen LogP contribution >= 0.6 is 0 Å². The summed E-state index contributed by atoms with van der Waals surface area (Å²) in [4.78, 5) is 28.1. The highest BCUT2D eigenvalue weighted by molar-refractivity contribution is 7.92. The molecule has 37 heavy (non-hydrogen) atoms. The van der Waals surface area contributed by atoms with Crippen molar-refractivity contribution in [3.8, 4) is 0 Å². The first kappa shape index (κ1) is 27.9. The second-order valence-electron chi connectivity index (χ2n) is 8.95. The zero-order valence-corrected chi connectivity index (χ0v) is 22.4. The van der Waals surface area contributed by atoms with E-state index in [1.165, 1.54) is 4.90 Å². The normalized spacial score (nSPS) is 12.0. The third-order valence-electron chi connectivity index (χ3n) is 6.13. The van der Waals surface area contributed by atoms with Crippen molar-refractivity contribution in [1.29, 1.82) is 0 Å². The van der Waals surface area contributed by atoms with Crippen molar-refractivity contribution >= 4 is 27.5 Å². The first-order valence-electron chi connectivity index (χ1n) is 12.5. The van der Waals surface area contributed by atoms with Crippen LogP contribution in [-0.4, -0.2) is 50.8 Å². The first-order valence-corrected chi connectivity index (χ1v) is 13.9. The van der Waals surface area contributed by atoms with Crippen LogP contribution in [0, 0.1) is 6.92 Å². The first-order chi connectivity index (χ1) is 17.7. The van der Waals surface area contributed by atoms with Gasteiger partial charge in [-0.15, -0.1) is 0 Å². The van der Waals surface area contributed by atoms with E-state index in [0.717, 1.165) is 21.9 Å². The fourth-order valence-corrected chi connectivity index (χ4v) is 5.34. The Labute approximate surface area is 220 Å². The van der Waals surface area contributed by atoms with Gasteiger partial charge in [-0.05, 0) is 56.5 Å². The highest BCUT2D eigenvalue weighted by Crippen LogP contribution is 2.24. The van der Waals surface area contributed by atoms with E-state index in [4.69, 9.17) is 0 Å². The van der Waals surface area contributed by atoms with Crippen LogP contribution in [0.4, 0.5) is 5.69 Å². The molecule has 0 spiro atoms. The van der Waals surface area contributed by atoms with Crippen LogP contribution in [0.2, 0.25) is 0 Å². The van der Waals surface area contributed by atoms with Crippen molar-refractivity contribution < 1.29 is 18.0 Å². The molecule has 0 aliphatic rings. The SMILES string of the molecule is CCCNC(=O)C(C)N(CCc1ccccc1)C(=O)CN(c1ccccc1)S(=O)(=O)c1ccc(C)cc1. The molecule has 8 heteroatoms. The fourth-order valence-electron chi connectivity index (χ4n) is 3.93. The Morgan fingerprint density at radius 2 is 1.49 bits per heavy atom. The van der Waals surface area contributed by atoms with E-state index >= 15 is 0 Å². The second kappa shape index (κ2) is 13.1. The van der Waals surface area contributed by atoms with Crippen LogP contribution in [0.25, 0.3) is 0 Å². The predicted octanol–water partition coefficient (Wildman–Crippen LogP) is 4.18. The Kier molecular flexibility index (Phi) is 9.85. The summed E-state index contributed by atoms with van der Waals surface area (Å²) in [7, 11) is -4.04. The van der Waals surface area contributed by atoms with Gasteiger partial charge in [-0.3, -0.25) is 13.9 Å². The van der Waals surface area contributed by atoms with E-state index in [2.05, 4.69) is 5.32 Å². The van der Waals surface area contributed by atoms with Crippen molar-refractivity contribution in [1.82, 2.24) is 10.2 Å². The molecule has 1 unspecified atom stereocenters. The van der Waals surface area contributed by atoms with Gasteiger partial charge in [0.15, 0.2) is 0 Å². The van der Waals surface area contributed by atoms with Crippen LogP contribution in [0.1, 0.15) is 31.4 Å². The lowest BCUT2D eigenvalue weighted by Gasteiger charge is -2.32. The molecular weight excluding hydrogens is 486 g/mol. The number of amides is 2. The lowest BCUT2D eigenvalue weighted by molar-refractivity contribution is -0.138. The molecule has 1 N–H and O–H groups in total. The molecule has 0 bridgehead atoms. The molecule has 196 valence electrons. The van der Waals surface area contributed by atoms with E-state index in [1.807, 2.05) is 44.2 Å². The Balaban J connectivity index is 1.93. The number of aryl methyl sites for hydroxylation is 1. The molecule has 7 nitrogen and oxygen atoms in total. The molecule has 3 aromatic carbocycles. The summed E-state index contributed by atoms with van der Waals surface area (Å²) in [5.74, 6) is -0.717. The quantitative estimate of drug-likeness (QED) is 0.388. The van der Waals surface area contributed by atoms with E-state index in [-0.39, 0.29) is 17.3 Å². The van der Waals surface area contributed by atoms with E-state index in [9.17, 15) is 18.0 Å². The predicted molar refractivity (Wildman–Crippen MR) is 147 cm³/mol. The average Bonchev–Trinajstić information content (AvgIpc) is 2.91. The molecule has 0 radical (unpaired) electrons. The van der Waals surface area contributed by atoms with E-state index in [0.29, 0.717) is 18.7 Å². The topological polar surface area (TPSA) is 86.8 Å². The second-order valence-corrected chi connectivity index (χ2v) is 10.8. The van der Waals surface area contributed by atoms with Crippen LogP contribution in [0.5, 0.6) is 0 Å². The Hall–Kier alpha value is -3.65. The van der Waals surface area contributed by atoms with Crippen LogP contribution in [-0.2, 0) is 26.0 Å². The van der Waals surface area contributed by atoms with Crippen LogP contribution in [0.3, 0.4) is 0 Å². The third-order valence-corrected chi connectivity index (χ3v) is 7.92. The molecule has 2 amide bonds. The molecule has 0 heterocycles. The number of sulfonamides is 1. The van der Waals surface area contributed by atoms with Gasteiger partial charge < -0.3 is 10.2 Å². The summed E-state index contributed by atoms with van der Waals surface area (Å²) in [6.07, 6.45) is 1.31. The van der Waals surface area contributed by atoms with Crippen molar-refractivity contribution in [2.24, 2.45) is 0 Å². The number of carbonyl (C=O) groups is 2. The minimum absolute atomic E-state index is 0.0966. The van der Waals surface area contributed by atoms with E-state index in [1.54, 1.807) is 61.5 Å². The Bertz CT molecular complexity index is 1260. The van der Waals surface area contributed by atoms with Gasteiger partial charge in [0.25, 0.3) is 10.0 Å². The number of hydrogen-bond acceptors (Lipinski definition) is 4. The molecule has 0 fully saturated rings. The summed E-state index contributed by atoms with van der Waals surface area (Å²) >= 11 is 0. The van der Waals surface area contributed by atoms with Gasteiger partial charge in [0, 0.05) is 13.1 Å². The monoisotopic (exact) mass is 521 g/mol. The van der Waals surface area contributed by atoms with Crippen molar-refractivity contribution in [3.05, 3.63) is 96.1 Å². The highest BCUT2D eigenvalue weighted by Gasteiger charge is 2.32. The fraction of sp³-hybridized carbons (Fsp3) is 0.310. The van der Waals surface area contributed by atoms with Crippen LogP contribution in [0.15, 0.2) is 89.8 Å². The van der Waals surface area contributed by atoms with Gasteiger partial charge >= 0.3 is 0 Å². The number of anilines is 1. The molecule has 3 aromatic rings. The highest BCUT2D eigenvalue weighted by atomic mass is 32.2. The maximum absolute atomic E-state index is 13.7. The summed E-state index contributed by atoms with van der Waals surface area (Å²) in [5, 5.41) is 2.85. The average molecular weight is 522 g/mol. The van der Waals surface area contributed by atoms with Crippen molar-refractivity contribution in [2.75, 3.05) is 23.9 Å². The summed E-state index contributed by atoms with van der Waals surface area (Å²) in [5.41, 5.74) is 2.33. The van der Waals surface area contributed by atoms with Gasteiger partial charge in [0.05, 0.1) is 10.6 Å². The van der Waals surface area contributed by atoms with Gasteiger partial charge in [-0.1, -0.05) is 73.2 Å². The summed E-state index contributed by atoms with van der Waals surface area (Å²) < 4.78 is 28.5. The molecule has 0 aliphatic heterocycles. The smallest absolute Gasteiger partial charge is 0.264 e. The molecule has 0 saturated carbocycles. The largest absolute Gasteiger partial charge is 0.354 e. The lowest BCUT2D eigenvalue weighted by atomic mass is 10.1. The van der Waals surface area contributed by atoms with Crippen molar-refractivity contribution in [3.63, 3.8) is 0 Å². The summed E-state index contributed by atoms with van der Waals surface area (Å²) in [6, 6.07) is 24.0. The number of para-hydroxylation sites is 1. The Morgan fingerprint density at radius 3 is 2.08 bits per heavy atom. The van der Waals surface area contributed by atoms with Gasteiger partial charge in [-0.2, -0.15) is 0 Å². The summed E-state index contributed by atoms with van der Waals surface area (Å²) in [6.45, 7) is 5.86. The molecule has 1 atom stereocenters. The van der Waals surface area contributed by atoms with Gasteiger partial charge in [0.2, 0.25) is 11.8 Å². The van der Waals surface area contributed by atoms with Crippen LogP contribution < -0.4 is 9.62 Å². The van der Waals surface area contributed by atoms with Gasteiger partial charge in [-0.25, -0.2) is 8.42 Å². The molecule has 0 aliphatic carbocycles. The number of carbonyl (C=O) groups excluding carboxylic acids is 2. The third kappa shape index (κ3) is 7.43. The standard InChI is InChI=1S/C29H35N3O4S/c1-4-20-30-29(34)24(3)31(21-19-25-11-7-5-8-12-25)28(33)22-32(26-13-9-6-10-14-26)37(35,36)27-17-15-23(2)16-18-27/h5-18,24H,4,19-22H2,1-3H3,(H,30,34). The number of nitrogens with zero attached hydrogens (tertiary/aromatic N) is 2. The molecule has 0 saturated heterocycles. The molecule has 3 rings (SSSR count). The minimum atomic E-state index is -4.04. The molecular formula is C29H35N3O4S. The number of benzene rings is 3. The van der Waals surface area contributed by atoms with Gasteiger partial charge in [0.1, 0.15) is 12.6 Å². The van der Waals surface area contributed by atoms with E-state index < -0.39 is 28.5 Å². The molecule has 0 aromatic heterocycles. The maximum atomic E-state index is 13.7. The zero-order valence-electron chi connectivity index (χ0n) is 21.6. The zero-order chi connectivity index (χ0) is 26.8. The number of hydrogen-bond donors (Lipinski definition) is 1.